The smallest absolute Gasteiger partial charge is 0.321 e. The van der Waals surface area contributed by atoms with E-state index in [4.69, 9.17) is 47.9 Å². The molecule has 32 nitrogen and oxygen atoms in total. The van der Waals surface area contributed by atoms with E-state index in [-0.39, 0.29) is 86.7 Å². The summed E-state index contributed by atoms with van der Waals surface area (Å²) in [5.74, 6) is -13.6. The lowest BCUT2D eigenvalue weighted by Crippen LogP contribution is -2.60. The van der Waals surface area contributed by atoms with Crippen LogP contribution in [0.4, 0.5) is 4.79 Å². The highest BCUT2D eigenvalue weighted by Crippen LogP contribution is 2.55. The summed E-state index contributed by atoms with van der Waals surface area (Å²) < 4.78 is 25.3. The van der Waals surface area contributed by atoms with E-state index >= 15 is 28.8 Å². The lowest BCUT2D eigenvalue weighted by Gasteiger charge is -2.54. The number of nitrogens with one attached hydrogen (secondary N) is 9. The predicted molar refractivity (Wildman–Crippen MR) is 395 cm³/mol. The molecule has 3 unspecified atom stereocenters. The molecule has 6 aliphatic heterocycles. The Balaban J connectivity index is 1.04. The normalized spacial score (nSPS) is 28.5. The molecule has 15 rings (SSSR count). The summed E-state index contributed by atoms with van der Waals surface area (Å²) in [4.78, 5) is 136. The average molecular weight is 1580 g/mol. The molecule has 4 saturated carbocycles. The van der Waals surface area contributed by atoms with Crippen LogP contribution in [0.15, 0.2) is 78.9 Å². The first kappa shape index (κ1) is 80.9. The Morgan fingerprint density at radius 1 is 0.622 bits per heavy atom. The maximum atomic E-state index is 16.3. The van der Waals surface area contributed by atoms with Crippen LogP contribution in [0.2, 0.25) is 10.0 Å². The van der Waals surface area contributed by atoms with Crippen molar-refractivity contribution in [3.8, 4) is 57.1 Å². The van der Waals surface area contributed by atoms with E-state index in [1.807, 2.05) is 0 Å². The van der Waals surface area contributed by atoms with Gasteiger partial charge in [-0.05, 0) is 157 Å². The first-order chi connectivity index (χ1) is 52.9. The lowest BCUT2D eigenvalue weighted by atomic mass is 9.54. The number of fused-ring (bicyclic) bond motifs is 15. The Hall–Kier alpha value is -9.61. The number of amides is 10. The van der Waals surface area contributed by atoms with E-state index < -0.39 is 197 Å². The molecule has 34 heteroatoms. The number of phenols is 3. The third-order valence-corrected chi connectivity index (χ3v) is 22.3. The van der Waals surface area contributed by atoms with Gasteiger partial charge in [0.2, 0.25) is 59.3 Å². The summed E-state index contributed by atoms with van der Waals surface area (Å²) >= 11 is 14.2. The first-order valence-electron chi connectivity index (χ1n) is 37.3. The van der Waals surface area contributed by atoms with E-state index in [1.54, 1.807) is 13.8 Å². The van der Waals surface area contributed by atoms with Crippen LogP contribution < -0.4 is 67.8 Å². The Morgan fingerprint density at radius 2 is 1.23 bits per heavy atom. The first-order valence-corrected chi connectivity index (χ1v) is 38.0. The third-order valence-electron chi connectivity index (χ3n) is 21.7. The topological polar surface area (TPSA) is 507 Å². The third kappa shape index (κ3) is 18.0. The second kappa shape index (κ2) is 34.6. The zero-order chi connectivity index (χ0) is 79.5. The molecule has 596 valence electrons. The number of hydrogen-bond acceptors (Lipinski definition) is 23. The molecule has 10 amide bonds. The van der Waals surface area contributed by atoms with Crippen molar-refractivity contribution in [3.05, 3.63) is 117 Å². The monoisotopic (exact) mass is 1580 g/mol. The standard InChI is InChI=1S/C77H92Cl2N10O22/c1-4-5-6-7-8-9-16-81-77(107)83-55(94)30-47-70(101)85-59-40-26-52(108-50-14-11-36(24-44(50)78)63(95)61(74(105)82-47)88-69(100)46(80)17-32(2)3)68(111-76-67(99)66(98)65(97)54(31-90)110-76)53(27-40)109-51-15-12-37(25-45(51)79)64(96)62-75(106)87-60(73(104)84-57-38-19-33-18-34(21-38)22-39(57)20-33)43-28-41(91)29-49(93)56(43)42-23-35(10-13-48(42)92)58(71(102)89-62)86-72(59)103/h10-15,23-29,32-34,38-39,46-47,54,57-67,76,90-93,95-99H,4-9,16-22,30-31,80H2,1-3H3,(H,82,105)(H,84,104)(H,85,101)(H,86,103)(H,87,106)(H,88,100)(H,89,102)(H2,81,83,94,107)/t33?,34?,38?,39?,46-,47?,54-,57?,58-,59?,60-,61?,62+,63-,64-,65-,66+,67-,76-/m1/s1. The maximum absolute atomic E-state index is 16.3. The molecule has 5 fully saturated rings. The number of rotatable bonds is 18. The Morgan fingerprint density at radius 3 is 1.86 bits per heavy atom. The van der Waals surface area contributed by atoms with E-state index in [1.165, 1.54) is 24.3 Å². The molecule has 15 bridgehead atoms. The predicted octanol–water partition coefficient (Wildman–Crippen LogP) is 4.17. The van der Waals surface area contributed by atoms with Gasteiger partial charge >= 0.3 is 6.03 Å². The number of unbranched alkanes of at least 4 members (excludes halogenated alkanes) is 5. The molecule has 1 saturated heterocycles. The number of phenolic OH excluding ortho intramolecular Hbond substituents is 3. The van der Waals surface area contributed by atoms with Gasteiger partial charge in [0.1, 0.15) is 102 Å². The van der Waals surface area contributed by atoms with Crippen molar-refractivity contribution in [1.29, 1.82) is 0 Å². The van der Waals surface area contributed by atoms with E-state index in [0.717, 1.165) is 119 Å². The van der Waals surface area contributed by atoms with E-state index in [9.17, 15) is 60.3 Å². The minimum absolute atomic E-state index is 0.0666. The van der Waals surface area contributed by atoms with Gasteiger partial charge in [-0.15, -0.1) is 0 Å². The second-order valence-electron chi connectivity index (χ2n) is 30.2. The molecule has 20 N–H and O–H groups in total. The van der Waals surface area contributed by atoms with Crippen molar-refractivity contribution in [1.82, 2.24) is 47.9 Å². The number of hydrogen-bond donors (Lipinski definition) is 19. The summed E-state index contributed by atoms with van der Waals surface area (Å²) in [5, 5.41) is 127. The second-order valence-corrected chi connectivity index (χ2v) is 31.0. The van der Waals surface area contributed by atoms with Gasteiger partial charge in [-0.1, -0.05) is 94.3 Å². The van der Waals surface area contributed by atoms with Gasteiger partial charge in [0.05, 0.1) is 29.1 Å². The number of urea groups is 1. The molecule has 4 aliphatic carbocycles. The van der Waals surface area contributed by atoms with Crippen molar-refractivity contribution in [2.24, 2.45) is 35.3 Å². The molecule has 0 aromatic heterocycles. The van der Waals surface area contributed by atoms with Crippen molar-refractivity contribution in [3.63, 3.8) is 0 Å². The summed E-state index contributed by atoms with van der Waals surface area (Å²) in [7, 11) is 0. The molecular weight excluding hydrogens is 1490 g/mol. The van der Waals surface area contributed by atoms with Crippen molar-refractivity contribution in [2.45, 2.75) is 195 Å². The largest absolute Gasteiger partial charge is 0.508 e. The van der Waals surface area contributed by atoms with Crippen LogP contribution >= 0.6 is 23.2 Å². The quantitative estimate of drug-likeness (QED) is 0.0547. The summed E-state index contributed by atoms with van der Waals surface area (Å²) in [6.07, 6.45) is -5.70. The van der Waals surface area contributed by atoms with Gasteiger partial charge < -0.3 is 113 Å². The van der Waals surface area contributed by atoms with Crippen LogP contribution in [-0.4, -0.2) is 173 Å². The molecular formula is C77H92Cl2N10O22. The molecule has 0 radical (unpaired) electrons. The highest BCUT2D eigenvalue weighted by molar-refractivity contribution is 6.32. The Kier molecular flexibility index (Phi) is 25.2. The molecule has 5 aromatic carbocycles. The lowest BCUT2D eigenvalue weighted by molar-refractivity contribution is -0.277. The zero-order valence-electron chi connectivity index (χ0n) is 60.8. The average Bonchev–Trinajstić information content (AvgIpc) is 0.767. The zero-order valence-corrected chi connectivity index (χ0v) is 62.3. The number of benzene rings is 5. The number of aliphatic hydroxyl groups excluding tert-OH is 6. The van der Waals surface area contributed by atoms with Crippen LogP contribution in [0.3, 0.4) is 0 Å². The highest BCUT2D eigenvalue weighted by Gasteiger charge is 2.51. The van der Waals surface area contributed by atoms with Crippen molar-refractivity contribution in [2.75, 3.05) is 13.2 Å². The van der Waals surface area contributed by atoms with Crippen LogP contribution in [0, 0.1) is 29.6 Å². The van der Waals surface area contributed by atoms with Gasteiger partial charge in [-0.2, -0.15) is 0 Å². The number of imide groups is 1. The maximum Gasteiger partial charge on any atom is 0.321 e. The number of ether oxygens (including phenoxy) is 4. The highest BCUT2D eigenvalue weighted by atomic mass is 35.5. The van der Waals surface area contributed by atoms with Gasteiger partial charge in [-0.25, -0.2) is 4.79 Å². The van der Waals surface area contributed by atoms with Crippen LogP contribution in [0.5, 0.6) is 46.0 Å². The number of halogens is 2. The fourth-order valence-electron chi connectivity index (χ4n) is 16.3. The minimum atomic E-state index is -2.37. The molecule has 0 spiro atoms. The van der Waals surface area contributed by atoms with Crippen LogP contribution in [0.25, 0.3) is 11.1 Å². The number of aliphatic hydroxyl groups is 6. The van der Waals surface area contributed by atoms with E-state index in [2.05, 4.69) is 54.8 Å². The molecule has 14 atom stereocenters. The number of carbonyl (C=O) groups is 9. The van der Waals surface area contributed by atoms with Gasteiger partial charge in [-0.3, -0.25) is 43.7 Å². The fourth-order valence-corrected chi connectivity index (χ4v) is 16.7. The molecule has 10 aliphatic rings. The number of nitrogens with two attached hydrogens (primary N) is 1. The Labute approximate surface area is 647 Å². The molecule has 111 heavy (non-hydrogen) atoms. The van der Waals surface area contributed by atoms with Crippen molar-refractivity contribution >= 4 is 76.5 Å². The SMILES string of the molecule is CCCCCCCCNC(=O)NC(=O)CC1NC(=O)C(NC(=O)[C@H](N)CC(C)C)[C@H](O)c2ccc(c(Cl)c2)Oc2cc3cc(c2O[C@H]2O[C@H](CO)[C@@H](O)[C@H](O)[C@H]2O)Oc2ccc(cc2Cl)[C@@H](O)[C@@H]2NC(=O)[C@H](NC(=O)C3NC1=O)c1ccc(O)c(c1)-c1c(O)cc(O)cc1[C@H](C(=O)NC1C3CC4CC(C3)CC1C4)NC2=O. The summed E-state index contributed by atoms with van der Waals surface area (Å²) in [6.45, 7) is 4.76. The summed E-state index contributed by atoms with van der Waals surface area (Å²) in [5.41, 5.74) is 4.14. The van der Waals surface area contributed by atoms with Gasteiger partial charge in [0, 0.05) is 29.8 Å². The van der Waals surface area contributed by atoms with Crippen molar-refractivity contribution < 1.29 is 108 Å². The number of carbonyl (C=O) groups excluding carboxylic acids is 9. The minimum Gasteiger partial charge on any atom is -0.508 e. The number of aromatic hydroxyl groups is 3. The molecule has 5 aromatic rings. The van der Waals surface area contributed by atoms with Gasteiger partial charge in [0.15, 0.2) is 11.5 Å². The molecule has 6 heterocycles. The van der Waals surface area contributed by atoms with Crippen LogP contribution in [0.1, 0.15) is 162 Å². The fraction of sp³-hybridized carbons (Fsp3) is 0.494. The van der Waals surface area contributed by atoms with E-state index in [0.29, 0.717) is 18.3 Å². The summed E-state index contributed by atoms with van der Waals surface area (Å²) in [6, 6.07) is -1.33. The van der Waals surface area contributed by atoms with Crippen LogP contribution in [-0.2, 0) is 43.1 Å². The Bertz CT molecular complexity index is 4370. The van der Waals surface area contributed by atoms with Gasteiger partial charge in [0.25, 0.3) is 0 Å².